The Morgan fingerprint density at radius 1 is 1.04 bits per heavy atom. The first-order chi connectivity index (χ1) is 12.7. The Balaban J connectivity index is 1.88. The number of alkyl halides is 3. The zero-order chi connectivity index (χ0) is 19.5. The number of nitrogens with one attached hydrogen (secondary N) is 1. The van der Waals surface area contributed by atoms with Crippen LogP contribution in [0.5, 0.6) is 5.75 Å². The Bertz CT molecular complexity index is 1020. The van der Waals surface area contributed by atoms with E-state index in [4.69, 9.17) is 0 Å². The lowest BCUT2D eigenvalue weighted by molar-refractivity contribution is -0.275. The number of ether oxygens (including phenoxy) is 1. The Kier molecular flexibility index (Phi) is 5.04. The molecule has 0 spiro atoms. The normalized spacial score (nSPS) is 12.0. The second-order valence-corrected chi connectivity index (χ2v) is 7.02. The molecule has 0 unspecified atom stereocenters. The lowest BCUT2D eigenvalue weighted by Gasteiger charge is -2.14. The van der Waals surface area contributed by atoms with Crippen molar-refractivity contribution >= 4 is 16.0 Å². The zero-order valence-electron chi connectivity index (χ0n) is 13.6. The maximum atomic E-state index is 12.6. The summed E-state index contributed by atoms with van der Waals surface area (Å²) >= 11 is 0. The number of anilines is 1. The smallest absolute Gasteiger partial charge is 0.404 e. The Labute approximate surface area is 152 Å². The van der Waals surface area contributed by atoms with Crippen molar-refractivity contribution in [3.05, 3.63) is 66.5 Å². The van der Waals surface area contributed by atoms with Gasteiger partial charge in [0.2, 0.25) is 5.95 Å². The number of aromatic nitrogens is 3. The second kappa shape index (κ2) is 7.27. The summed E-state index contributed by atoms with van der Waals surface area (Å²) in [4.78, 5) is -0.670. The fraction of sp³-hybridized carbons (Fsp3) is 0.125. The van der Waals surface area contributed by atoms with Crippen LogP contribution in [0.15, 0.2) is 65.8 Å². The summed E-state index contributed by atoms with van der Waals surface area (Å²) in [5.74, 6) is -0.979. The van der Waals surface area contributed by atoms with Crippen molar-refractivity contribution in [1.82, 2.24) is 14.8 Å². The number of rotatable bonds is 6. The van der Waals surface area contributed by atoms with E-state index in [1.54, 1.807) is 0 Å². The van der Waals surface area contributed by atoms with Crippen molar-refractivity contribution in [1.29, 1.82) is 0 Å². The number of sulfonamides is 1. The summed E-state index contributed by atoms with van der Waals surface area (Å²) in [5.41, 5.74) is 0.860. The van der Waals surface area contributed by atoms with Gasteiger partial charge in [-0.15, -0.1) is 23.4 Å². The van der Waals surface area contributed by atoms with Crippen molar-refractivity contribution in [3.8, 4) is 5.75 Å². The van der Waals surface area contributed by atoms with E-state index in [-0.39, 0.29) is 12.5 Å². The fourth-order valence-corrected chi connectivity index (χ4v) is 3.43. The molecule has 27 heavy (non-hydrogen) atoms. The van der Waals surface area contributed by atoms with Crippen molar-refractivity contribution in [3.63, 3.8) is 0 Å². The van der Waals surface area contributed by atoms with Gasteiger partial charge in [-0.25, -0.2) is 13.1 Å². The number of benzene rings is 2. The highest BCUT2D eigenvalue weighted by Gasteiger charge is 2.34. The molecule has 0 saturated carbocycles. The average Bonchev–Trinajstić information content (AvgIpc) is 3.01. The minimum atomic E-state index is -5.03. The molecule has 1 N–H and O–H groups in total. The standard InChI is InChI=1S/C16H13F3N4O3S/c17-16(18,19)26-13-8-4-5-9-14(13)27(24,25)22-15-21-20-11-23(15)10-12-6-2-1-3-7-12/h1-9,11H,10H2,(H,21,22). The van der Waals surface area contributed by atoms with E-state index < -0.39 is 27.0 Å². The zero-order valence-corrected chi connectivity index (χ0v) is 14.4. The molecule has 1 aromatic heterocycles. The molecule has 0 atom stereocenters. The molecule has 0 amide bonds. The first kappa shape index (κ1) is 18.7. The average molecular weight is 398 g/mol. The number of hydrogen-bond acceptors (Lipinski definition) is 5. The molecule has 0 bridgehead atoms. The maximum absolute atomic E-state index is 12.6. The molecule has 11 heteroatoms. The van der Waals surface area contributed by atoms with Crippen molar-refractivity contribution in [2.75, 3.05) is 4.72 Å². The van der Waals surface area contributed by atoms with Gasteiger partial charge in [-0.1, -0.05) is 42.5 Å². The first-order valence-corrected chi connectivity index (χ1v) is 9.02. The van der Waals surface area contributed by atoms with Crippen molar-refractivity contribution in [2.45, 2.75) is 17.8 Å². The topological polar surface area (TPSA) is 86.1 Å². The third-order valence-corrected chi connectivity index (χ3v) is 4.77. The van der Waals surface area contributed by atoms with E-state index in [9.17, 15) is 21.6 Å². The molecule has 3 rings (SSSR count). The first-order valence-electron chi connectivity index (χ1n) is 7.54. The van der Waals surface area contributed by atoms with Crippen LogP contribution in [0.1, 0.15) is 5.56 Å². The predicted molar refractivity (Wildman–Crippen MR) is 89.5 cm³/mol. The Morgan fingerprint density at radius 3 is 2.41 bits per heavy atom. The lowest BCUT2D eigenvalue weighted by Crippen LogP contribution is -2.22. The van der Waals surface area contributed by atoms with E-state index >= 15 is 0 Å². The number of hydrogen-bond donors (Lipinski definition) is 1. The molecule has 0 fully saturated rings. The lowest BCUT2D eigenvalue weighted by atomic mass is 10.2. The van der Waals surface area contributed by atoms with Gasteiger partial charge in [0.05, 0.1) is 6.54 Å². The van der Waals surface area contributed by atoms with Crippen LogP contribution in [0.3, 0.4) is 0 Å². The number of para-hydroxylation sites is 1. The molecule has 0 aliphatic rings. The molecule has 0 aliphatic carbocycles. The fourth-order valence-electron chi connectivity index (χ4n) is 2.29. The molecule has 1 heterocycles. The third-order valence-electron chi connectivity index (χ3n) is 3.40. The van der Waals surface area contributed by atoms with E-state index in [0.29, 0.717) is 0 Å². The minimum absolute atomic E-state index is 0.138. The summed E-state index contributed by atoms with van der Waals surface area (Å²) in [6.07, 6.45) is -3.72. The predicted octanol–water partition coefficient (Wildman–Crippen LogP) is 3.03. The quantitative estimate of drug-likeness (QED) is 0.690. The molecule has 142 valence electrons. The minimum Gasteiger partial charge on any atom is -0.404 e. The van der Waals surface area contributed by atoms with Gasteiger partial charge in [-0.3, -0.25) is 4.57 Å². The van der Waals surface area contributed by atoms with Crippen LogP contribution in [0.4, 0.5) is 19.1 Å². The molecule has 7 nitrogen and oxygen atoms in total. The molecule has 0 radical (unpaired) electrons. The highest BCUT2D eigenvalue weighted by molar-refractivity contribution is 7.92. The van der Waals surface area contributed by atoms with E-state index in [1.807, 2.05) is 30.3 Å². The summed E-state index contributed by atoms with van der Waals surface area (Å²) in [5, 5.41) is 7.34. The third kappa shape index (κ3) is 4.76. The summed E-state index contributed by atoms with van der Waals surface area (Å²) in [6, 6.07) is 13.5. The van der Waals surface area contributed by atoms with Crippen LogP contribution >= 0.6 is 0 Å². The van der Waals surface area contributed by atoms with Gasteiger partial charge in [0, 0.05) is 0 Å². The number of halogens is 3. The van der Waals surface area contributed by atoms with Crippen LogP contribution in [-0.4, -0.2) is 29.5 Å². The highest BCUT2D eigenvalue weighted by atomic mass is 32.2. The molecule has 3 aromatic rings. The van der Waals surface area contributed by atoms with Gasteiger partial charge in [0.25, 0.3) is 10.0 Å². The Hall–Kier alpha value is -3.08. The monoisotopic (exact) mass is 398 g/mol. The van der Waals surface area contributed by atoms with Crippen LogP contribution < -0.4 is 9.46 Å². The van der Waals surface area contributed by atoms with Gasteiger partial charge < -0.3 is 4.74 Å². The number of nitrogens with zero attached hydrogens (tertiary/aromatic N) is 3. The molecular formula is C16H13F3N4O3S. The summed E-state index contributed by atoms with van der Waals surface area (Å²) in [7, 11) is -4.40. The molecule has 2 aromatic carbocycles. The van der Waals surface area contributed by atoms with Crippen LogP contribution in [0.2, 0.25) is 0 Å². The SMILES string of the molecule is O=S(=O)(Nc1nncn1Cc1ccccc1)c1ccccc1OC(F)(F)F. The highest BCUT2D eigenvalue weighted by Crippen LogP contribution is 2.30. The van der Waals surface area contributed by atoms with Crippen LogP contribution in [0.25, 0.3) is 0 Å². The molecule has 0 aliphatic heterocycles. The Morgan fingerprint density at radius 2 is 1.70 bits per heavy atom. The largest absolute Gasteiger partial charge is 0.573 e. The van der Waals surface area contributed by atoms with Gasteiger partial charge in [0.1, 0.15) is 17.0 Å². The summed E-state index contributed by atoms with van der Waals surface area (Å²) < 4.78 is 70.1. The van der Waals surface area contributed by atoms with E-state index in [2.05, 4.69) is 19.7 Å². The van der Waals surface area contributed by atoms with Crippen molar-refractivity contribution in [2.24, 2.45) is 0 Å². The summed E-state index contributed by atoms with van der Waals surface area (Å²) in [6.45, 7) is 0.270. The van der Waals surface area contributed by atoms with Crippen LogP contribution in [0, 0.1) is 0 Å². The van der Waals surface area contributed by atoms with E-state index in [1.165, 1.54) is 23.0 Å². The van der Waals surface area contributed by atoms with Crippen molar-refractivity contribution < 1.29 is 26.3 Å². The molecule has 0 saturated heterocycles. The van der Waals surface area contributed by atoms with Gasteiger partial charge in [-0.2, -0.15) is 0 Å². The van der Waals surface area contributed by atoms with Crippen LogP contribution in [-0.2, 0) is 16.6 Å². The van der Waals surface area contributed by atoms with Gasteiger partial charge >= 0.3 is 6.36 Å². The van der Waals surface area contributed by atoms with Gasteiger partial charge in [0.15, 0.2) is 0 Å². The maximum Gasteiger partial charge on any atom is 0.573 e. The molecular weight excluding hydrogens is 385 g/mol. The van der Waals surface area contributed by atoms with E-state index in [0.717, 1.165) is 17.7 Å². The second-order valence-electron chi connectivity index (χ2n) is 5.37. The van der Waals surface area contributed by atoms with Gasteiger partial charge in [-0.05, 0) is 17.7 Å².